The van der Waals surface area contributed by atoms with Crippen LogP contribution in [0.2, 0.25) is 0 Å². The number of nitrogen functional groups attached to an aromatic ring is 2. The third-order valence-electron chi connectivity index (χ3n) is 6.03. The molecular formula is C30H32N2O2. The molecule has 34 heavy (non-hydrogen) atoms. The first-order valence-corrected chi connectivity index (χ1v) is 11.5. The number of benzene rings is 4. The Balaban J connectivity index is 1.80. The molecule has 0 spiro atoms. The van der Waals surface area contributed by atoms with Gasteiger partial charge in [0.05, 0.1) is 0 Å². The largest absolute Gasteiger partial charge is 0.457 e. The minimum Gasteiger partial charge on any atom is -0.457 e. The standard InChI is InChI=1S/C30H32N2O2/c1-18-14-20(3)29(33-25-10-6-23(31)7-11-25)27(16-18)22(5)28-17-19(2)15-21(4)30(28)34-26-12-8-24(32)9-13-26/h6-17,22H,31-32H2,1-5H3. The molecule has 0 bridgehead atoms. The molecule has 4 nitrogen and oxygen atoms in total. The fourth-order valence-electron chi connectivity index (χ4n) is 4.37. The average molecular weight is 453 g/mol. The van der Waals surface area contributed by atoms with Crippen molar-refractivity contribution in [2.45, 2.75) is 40.5 Å². The topological polar surface area (TPSA) is 70.5 Å². The van der Waals surface area contributed by atoms with Crippen molar-refractivity contribution in [2.75, 3.05) is 11.5 Å². The van der Waals surface area contributed by atoms with Gasteiger partial charge in [-0.2, -0.15) is 0 Å². The highest BCUT2D eigenvalue weighted by molar-refractivity contribution is 5.56. The van der Waals surface area contributed by atoms with Crippen molar-refractivity contribution < 1.29 is 9.47 Å². The molecule has 0 fully saturated rings. The normalized spacial score (nSPS) is 11.0. The zero-order valence-corrected chi connectivity index (χ0v) is 20.5. The van der Waals surface area contributed by atoms with E-state index in [4.69, 9.17) is 20.9 Å². The first-order valence-electron chi connectivity index (χ1n) is 11.5. The summed E-state index contributed by atoms with van der Waals surface area (Å²) < 4.78 is 12.8. The summed E-state index contributed by atoms with van der Waals surface area (Å²) in [6.45, 7) is 10.6. The van der Waals surface area contributed by atoms with Gasteiger partial charge in [-0.3, -0.25) is 0 Å². The van der Waals surface area contributed by atoms with Crippen LogP contribution in [-0.2, 0) is 0 Å². The molecule has 0 aromatic heterocycles. The SMILES string of the molecule is Cc1cc(C)c(Oc2ccc(N)cc2)c(C(C)c2cc(C)cc(C)c2Oc2ccc(N)cc2)c1. The van der Waals surface area contributed by atoms with E-state index in [-0.39, 0.29) is 5.92 Å². The molecule has 0 atom stereocenters. The van der Waals surface area contributed by atoms with Gasteiger partial charge in [-0.15, -0.1) is 0 Å². The maximum atomic E-state index is 6.41. The average Bonchev–Trinajstić information content (AvgIpc) is 2.79. The molecule has 4 N–H and O–H groups in total. The lowest BCUT2D eigenvalue weighted by molar-refractivity contribution is 0.461. The van der Waals surface area contributed by atoms with Gasteiger partial charge in [-0.25, -0.2) is 0 Å². The molecule has 4 heteroatoms. The van der Waals surface area contributed by atoms with E-state index in [0.717, 1.165) is 45.3 Å². The molecule has 4 rings (SSSR count). The highest BCUT2D eigenvalue weighted by Crippen LogP contribution is 2.43. The second kappa shape index (κ2) is 9.52. The minimum atomic E-state index is 0.0322. The summed E-state index contributed by atoms with van der Waals surface area (Å²) in [5, 5.41) is 0. The van der Waals surface area contributed by atoms with Crippen molar-refractivity contribution in [1.29, 1.82) is 0 Å². The number of ether oxygens (including phenoxy) is 2. The zero-order chi connectivity index (χ0) is 24.4. The van der Waals surface area contributed by atoms with Crippen LogP contribution in [0.15, 0.2) is 72.8 Å². The summed E-state index contributed by atoms with van der Waals surface area (Å²) in [5.74, 6) is 3.27. The van der Waals surface area contributed by atoms with Crippen LogP contribution in [0.5, 0.6) is 23.0 Å². The lowest BCUT2D eigenvalue weighted by Gasteiger charge is -2.24. The molecule has 0 saturated heterocycles. The molecule has 0 aliphatic carbocycles. The number of hydrogen-bond donors (Lipinski definition) is 2. The van der Waals surface area contributed by atoms with Crippen molar-refractivity contribution in [3.63, 3.8) is 0 Å². The van der Waals surface area contributed by atoms with Gasteiger partial charge < -0.3 is 20.9 Å². The van der Waals surface area contributed by atoms with Gasteiger partial charge in [0.15, 0.2) is 0 Å². The summed E-state index contributed by atoms with van der Waals surface area (Å²) in [5.41, 5.74) is 19.9. The number of aryl methyl sites for hydroxylation is 4. The summed E-state index contributed by atoms with van der Waals surface area (Å²) in [6.07, 6.45) is 0. The summed E-state index contributed by atoms with van der Waals surface area (Å²) in [7, 11) is 0. The molecule has 0 aliphatic rings. The predicted octanol–water partition coefficient (Wildman–Crippen LogP) is 7.82. The Hall–Kier alpha value is -3.92. The second-order valence-corrected chi connectivity index (χ2v) is 9.06. The minimum absolute atomic E-state index is 0.0322. The molecule has 0 saturated carbocycles. The first-order chi connectivity index (χ1) is 16.2. The Morgan fingerprint density at radius 1 is 0.559 bits per heavy atom. The number of hydrogen-bond acceptors (Lipinski definition) is 4. The van der Waals surface area contributed by atoms with Crippen LogP contribution in [0.3, 0.4) is 0 Å². The molecule has 0 amide bonds. The van der Waals surface area contributed by atoms with E-state index in [1.54, 1.807) is 0 Å². The molecular weight excluding hydrogens is 420 g/mol. The van der Waals surface area contributed by atoms with Crippen molar-refractivity contribution >= 4 is 11.4 Å². The van der Waals surface area contributed by atoms with E-state index in [1.807, 2.05) is 48.5 Å². The maximum absolute atomic E-state index is 6.41. The monoisotopic (exact) mass is 452 g/mol. The van der Waals surface area contributed by atoms with E-state index < -0.39 is 0 Å². The van der Waals surface area contributed by atoms with Crippen molar-refractivity contribution in [3.8, 4) is 23.0 Å². The van der Waals surface area contributed by atoms with E-state index in [9.17, 15) is 0 Å². The van der Waals surface area contributed by atoms with Crippen LogP contribution < -0.4 is 20.9 Å². The van der Waals surface area contributed by atoms with E-state index in [1.165, 1.54) is 11.1 Å². The van der Waals surface area contributed by atoms with Crippen LogP contribution in [0.25, 0.3) is 0 Å². The van der Waals surface area contributed by atoms with Crippen molar-refractivity contribution in [3.05, 3.63) is 106 Å². The first kappa shape index (κ1) is 23.2. The third kappa shape index (κ3) is 5.01. The van der Waals surface area contributed by atoms with Crippen LogP contribution in [0.1, 0.15) is 46.2 Å². The highest BCUT2D eigenvalue weighted by atomic mass is 16.5. The van der Waals surface area contributed by atoms with Gasteiger partial charge in [0.25, 0.3) is 0 Å². The van der Waals surface area contributed by atoms with E-state index >= 15 is 0 Å². The Morgan fingerprint density at radius 2 is 0.912 bits per heavy atom. The van der Waals surface area contributed by atoms with Crippen molar-refractivity contribution in [2.24, 2.45) is 0 Å². The summed E-state index contributed by atoms with van der Waals surface area (Å²) in [6, 6.07) is 23.7. The smallest absolute Gasteiger partial charge is 0.134 e. The molecule has 0 radical (unpaired) electrons. The van der Waals surface area contributed by atoms with Gasteiger partial charge in [0.2, 0.25) is 0 Å². The van der Waals surface area contributed by atoms with Gasteiger partial charge in [-0.1, -0.05) is 42.3 Å². The third-order valence-corrected chi connectivity index (χ3v) is 6.03. The Bertz CT molecular complexity index is 1210. The lowest BCUT2D eigenvalue weighted by atomic mass is 9.87. The van der Waals surface area contributed by atoms with Gasteiger partial charge >= 0.3 is 0 Å². The molecule has 174 valence electrons. The molecule has 4 aromatic rings. The molecule has 0 aliphatic heterocycles. The summed E-state index contributed by atoms with van der Waals surface area (Å²) in [4.78, 5) is 0. The molecule has 0 unspecified atom stereocenters. The van der Waals surface area contributed by atoms with Crippen LogP contribution in [-0.4, -0.2) is 0 Å². The van der Waals surface area contributed by atoms with Gasteiger partial charge in [-0.05, 0) is 87.4 Å². The predicted molar refractivity (Wildman–Crippen MR) is 141 cm³/mol. The van der Waals surface area contributed by atoms with Gasteiger partial charge in [0.1, 0.15) is 23.0 Å². The Morgan fingerprint density at radius 3 is 1.26 bits per heavy atom. The maximum Gasteiger partial charge on any atom is 0.134 e. The number of nitrogens with two attached hydrogens (primary N) is 2. The van der Waals surface area contributed by atoms with Crippen molar-refractivity contribution in [1.82, 2.24) is 0 Å². The van der Waals surface area contributed by atoms with E-state index in [2.05, 4.69) is 58.9 Å². The van der Waals surface area contributed by atoms with Crippen LogP contribution in [0, 0.1) is 27.7 Å². The van der Waals surface area contributed by atoms with Gasteiger partial charge in [0, 0.05) is 28.4 Å². The highest BCUT2D eigenvalue weighted by Gasteiger charge is 2.22. The quantitative estimate of drug-likeness (QED) is 0.293. The lowest BCUT2D eigenvalue weighted by Crippen LogP contribution is -2.05. The molecule has 4 aromatic carbocycles. The van der Waals surface area contributed by atoms with Crippen LogP contribution >= 0.6 is 0 Å². The fourth-order valence-corrected chi connectivity index (χ4v) is 4.37. The zero-order valence-electron chi connectivity index (χ0n) is 20.5. The number of rotatable bonds is 6. The summed E-state index contributed by atoms with van der Waals surface area (Å²) >= 11 is 0. The Labute approximate surface area is 202 Å². The second-order valence-electron chi connectivity index (χ2n) is 9.06. The molecule has 0 heterocycles. The van der Waals surface area contributed by atoms with E-state index in [0.29, 0.717) is 11.4 Å². The fraction of sp³-hybridized carbons (Fsp3) is 0.200. The number of anilines is 2. The Kier molecular flexibility index (Phi) is 6.51. The van der Waals surface area contributed by atoms with Crippen LogP contribution in [0.4, 0.5) is 11.4 Å².